The maximum Gasteiger partial charge on any atom is 0.301 e. The highest BCUT2D eigenvalue weighted by Crippen LogP contribution is 2.43. The van der Waals surface area contributed by atoms with Crippen LogP contribution in [0, 0.1) is 0 Å². The molecule has 8 heteroatoms. The lowest BCUT2D eigenvalue weighted by Crippen LogP contribution is -2.29. The Labute approximate surface area is 223 Å². The molecule has 4 aromatic rings. The minimum absolute atomic E-state index is 0.0232. The Bertz CT molecular complexity index is 1530. The molecule has 3 aromatic carbocycles. The van der Waals surface area contributed by atoms with Gasteiger partial charge in [0, 0.05) is 23.6 Å². The van der Waals surface area contributed by atoms with E-state index in [2.05, 4.69) is 4.98 Å². The standard InChI is InChI=1S/C30H24N2O5S/c1-18-15-22-16-21(9-12-24(22)37-18)27(33)25-26(32(29(35)28(25)34)30-31-13-14-38-30)20-7-10-23(11-8-20)36-17-19-5-3-2-4-6-19/h2-14,16,18,26,33H,15,17H2,1H3/b27-25+. The Balaban J connectivity index is 1.38. The molecule has 7 nitrogen and oxygen atoms in total. The molecule has 2 aliphatic heterocycles. The van der Waals surface area contributed by atoms with Gasteiger partial charge in [0.25, 0.3) is 5.78 Å². The summed E-state index contributed by atoms with van der Waals surface area (Å²) in [6.45, 7) is 2.39. The number of carbonyl (C=O) groups is 2. The van der Waals surface area contributed by atoms with Crippen LogP contribution in [0.15, 0.2) is 89.9 Å². The second-order valence-corrected chi connectivity index (χ2v) is 10.2. The van der Waals surface area contributed by atoms with E-state index in [1.165, 1.54) is 16.2 Å². The molecule has 2 atom stereocenters. The van der Waals surface area contributed by atoms with Crippen molar-refractivity contribution in [3.05, 3.63) is 112 Å². The van der Waals surface area contributed by atoms with E-state index < -0.39 is 17.7 Å². The van der Waals surface area contributed by atoms with Crippen LogP contribution in [0.2, 0.25) is 0 Å². The van der Waals surface area contributed by atoms with Gasteiger partial charge in [-0.3, -0.25) is 14.5 Å². The Kier molecular flexibility index (Phi) is 6.17. The molecular formula is C30H24N2O5S. The predicted octanol–water partition coefficient (Wildman–Crippen LogP) is 5.67. The van der Waals surface area contributed by atoms with Crippen molar-refractivity contribution in [1.82, 2.24) is 4.98 Å². The number of rotatable bonds is 6. The van der Waals surface area contributed by atoms with Gasteiger partial charge in [-0.1, -0.05) is 42.5 Å². The van der Waals surface area contributed by atoms with Gasteiger partial charge in [-0.05, 0) is 53.9 Å². The maximum atomic E-state index is 13.3. The van der Waals surface area contributed by atoms with E-state index in [1.54, 1.807) is 35.8 Å². The number of hydrogen-bond acceptors (Lipinski definition) is 7. The minimum atomic E-state index is -0.840. The number of anilines is 1. The normalized spacial score (nSPS) is 19.9. The fourth-order valence-corrected chi connectivity index (χ4v) is 5.56. The summed E-state index contributed by atoms with van der Waals surface area (Å²) >= 11 is 1.26. The van der Waals surface area contributed by atoms with E-state index in [4.69, 9.17) is 9.47 Å². The van der Waals surface area contributed by atoms with Crippen LogP contribution < -0.4 is 14.4 Å². The molecule has 1 amide bonds. The summed E-state index contributed by atoms with van der Waals surface area (Å²) < 4.78 is 11.7. The summed E-state index contributed by atoms with van der Waals surface area (Å²) in [5, 5.41) is 13.5. The van der Waals surface area contributed by atoms with Gasteiger partial charge in [-0.2, -0.15) is 0 Å². The number of Topliss-reactive ketones (excluding diaryl/α,β-unsaturated/α-hetero) is 1. The van der Waals surface area contributed by atoms with E-state index in [0.29, 0.717) is 35.0 Å². The molecule has 190 valence electrons. The van der Waals surface area contributed by atoms with Crippen molar-refractivity contribution < 1.29 is 24.2 Å². The summed E-state index contributed by atoms with van der Waals surface area (Å²) in [5.41, 5.74) is 3.14. The molecule has 0 radical (unpaired) electrons. The molecule has 0 saturated carbocycles. The number of benzene rings is 3. The average Bonchev–Trinajstić information content (AvgIpc) is 3.65. The molecular weight excluding hydrogens is 500 g/mol. The SMILES string of the molecule is CC1Cc2cc(/C(O)=C3\C(=O)C(=O)N(c4nccs4)C3c3ccc(OCc4ccccc4)cc3)ccc2O1. The summed E-state index contributed by atoms with van der Waals surface area (Å²) in [5.74, 6) is -0.290. The number of ether oxygens (including phenoxy) is 2. The molecule has 2 aliphatic rings. The quantitative estimate of drug-likeness (QED) is 0.199. The van der Waals surface area contributed by atoms with Gasteiger partial charge in [0.2, 0.25) is 0 Å². The van der Waals surface area contributed by atoms with E-state index in [9.17, 15) is 14.7 Å². The fraction of sp³-hybridized carbons (Fsp3) is 0.167. The lowest BCUT2D eigenvalue weighted by atomic mass is 9.94. The number of carbonyl (C=O) groups excluding carboxylic acids is 2. The molecule has 6 rings (SSSR count). The van der Waals surface area contributed by atoms with E-state index in [0.717, 1.165) is 16.9 Å². The van der Waals surface area contributed by atoms with Gasteiger partial charge < -0.3 is 14.6 Å². The number of fused-ring (bicyclic) bond motifs is 1. The lowest BCUT2D eigenvalue weighted by molar-refractivity contribution is -0.132. The second kappa shape index (κ2) is 9.79. The molecule has 0 bridgehead atoms. The first-order valence-electron chi connectivity index (χ1n) is 12.3. The van der Waals surface area contributed by atoms with Gasteiger partial charge in [-0.25, -0.2) is 4.98 Å². The number of amides is 1. The number of hydrogen-bond donors (Lipinski definition) is 1. The number of aliphatic hydroxyl groups is 1. The Hall–Kier alpha value is -4.43. The molecule has 1 saturated heterocycles. The number of nitrogens with zero attached hydrogens (tertiary/aromatic N) is 2. The summed E-state index contributed by atoms with van der Waals surface area (Å²) in [6, 6.07) is 21.5. The summed E-state index contributed by atoms with van der Waals surface area (Å²) in [7, 11) is 0. The van der Waals surface area contributed by atoms with E-state index >= 15 is 0 Å². The summed E-state index contributed by atoms with van der Waals surface area (Å²) in [6.07, 6.45) is 2.33. The van der Waals surface area contributed by atoms with E-state index in [1.807, 2.05) is 55.5 Å². The Morgan fingerprint density at radius 3 is 2.63 bits per heavy atom. The third-order valence-corrected chi connectivity index (χ3v) is 7.45. The van der Waals surface area contributed by atoms with Crippen LogP contribution in [0.5, 0.6) is 11.5 Å². The molecule has 38 heavy (non-hydrogen) atoms. The molecule has 0 spiro atoms. The van der Waals surface area contributed by atoms with Gasteiger partial charge in [-0.15, -0.1) is 11.3 Å². The Morgan fingerprint density at radius 1 is 1.11 bits per heavy atom. The zero-order valence-electron chi connectivity index (χ0n) is 20.5. The fourth-order valence-electron chi connectivity index (χ4n) is 4.89. The number of aromatic nitrogens is 1. The van der Waals surface area contributed by atoms with Crippen LogP contribution in [-0.4, -0.2) is 27.9 Å². The lowest BCUT2D eigenvalue weighted by Gasteiger charge is -2.23. The van der Waals surface area contributed by atoms with Crippen LogP contribution >= 0.6 is 11.3 Å². The Morgan fingerprint density at radius 2 is 1.89 bits per heavy atom. The monoisotopic (exact) mass is 524 g/mol. The molecule has 1 N–H and O–H groups in total. The van der Waals surface area contributed by atoms with Crippen molar-refractivity contribution in [2.24, 2.45) is 0 Å². The topological polar surface area (TPSA) is 89.0 Å². The molecule has 3 heterocycles. The molecule has 2 unspecified atom stereocenters. The third-order valence-electron chi connectivity index (χ3n) is 6.68. The highest BCUT2D eigenvalue weighted by molar-refractivity contribution is 7.14. The van der Waals surface area contributed by atoms with Crippen molar-refractivity contribution in [1.29, 1.82) is 0 Å². The first kappa shape index (κ1) is 23.9. The molecule has 0 aliphatic carbocycles. The van der Waals surface area contributed by atoms with Crippen LogP contribution in [0.3, 0.4) is 0 Å². The zero-order valence-corrected chi connectivity index (χ0v) is 21.4. The van der Waals surface area contributed by atoms with E-state index in [-0.39, 0.29) is 17.4 Å². The highest BCUT2D eigenvalue weighted by atomic mass is 32.1. The van der Waals surface area contributed by atoms with Gasteiger partial charge in [0.15, 0.2) is 5.13 Å². The first-order valence-corrected chi connectivity index (χ1v) is 13.1. The summed E-state index contributed by atoms with van der Waals surface area (Å²) in [4.78, 5) is 32.2. The first-order chi connectivity index (χ1) is 18.5. The zero-order chi connectivity index (χ0) is 26.2. The third kappa shape index (κ3) is 4.33. The number of aliphatic hydroxyl groups excluding tert-OH is 1. The minimum Gasteiger partial charge on any atom is -0.507 e. The molecule has 1 fully saturated rings. The van der Waals surface area contributed by atoms with Crippen molar-refractivity contribution >= 4 is 33.9 Å². The van der Waals surface area contributed by atoms with Crippen LogP contribution in [0.1, 0.15) is 35.2 Å². The van der Waals surface area contributed by atoms with Crippen molar-refractivity contribution in [2.45, 2.75) is 32.1 Å². The van der Waals surface area contributed by atoms with Crippen molar-refractivity contribution in [2.75, 3.05) is 4.90 Å². The van der Waals surface area contributed by atoms with Gasteiger partial charge in [0.1, 0.15) is 30.0 Å². The molecule has 1 aromatic heterocycles. The average molecular weight is 525 g/mol. The second-order valence-electron chi connectivity index (χ2n) is 9.28. The maximum absolute atomic E-state index is 13.3. The van der Waals surface area contributed by atoms with Gasteiger partial charge in [0.05, 0.1) is 11.6 Å². The predicted molar refractivity (Wildman–Crippen MR) is 144 cm³/mol. The van der Waals surface area contributed by atoms with Gasteiger partial charge >= 0.3 is 5.91 Å². The highest BCUT2D eigenvalue weighted by Gasteiger charge is 2.48. The van der Waals surface area contributed by atoms with Crippen molar-refractivity contribution in [3.63, 3.8) is 0 Å². The largest absolute Gasteiger partial charge is 0.507 e. The van der Waals surface area contributed by atoms with Crippen LogP contribution in [0.4, 0.5) is 5.13 Å². The van der Waals surface area contributed by atoms with Crippen LogP contribution in [0.25, 0.3) is 5.76 Å². The van der Waals surface area contributed by atoms with Crippen LogP contribution in [-0.2, 0) is 22.6 Å². The smallest absolute Gasteiger partial charge is 0.301 e. The number of thiazole rings is 1. The number of ketones is 1. The van der Waals surface area contributed by atoms with Crippen molar-refractivity contribution in [3.8, 4) is 11.5 Å².